The van der Waals surface area contributed by atoms with E-state index in [1.165, 1.54) is 24.8 Å². The van der Waals surface area contributed by atoms with Gasteiger partial charge in [-0.3, -0.25) is 4.79 Å². The maximum Gasteiger partial charge on any atom is 0.257 e. The van der Waals surface area contributed by atoms with Gasteiger partial charge < -0.3 is 9.80 Å². The molecule has 31 heavy (non-hydrogen) atoms. The molecule has 0 unspecified atom stereocenters. The molecule has 2 aromatic rings. The summed E-state index contributed by atoms with van der Waals surface area (Å²) in [6.07, 6.45) is 8.62. The van der Waals surface area contributed by atoms with Crippen molar-refractivity contribution in [2.24, 2.45) is 5.92 Å². The van der Waals surface area contributed by atoms with Crippen LogP contribution in [-0.2, 0) is 6.42 Å². The van der Waals surface area contributed by atoms with Gasteiger partial charge in [-0.15, -0.1) is 0 Å². The minimum absolute atomic E-state index is 0.0206. The molecule has 0 aromatic carbocycles. The van der Waals surface area contributed by atoms with Gasteiger partial charge in [0.2, 0.25) is 0 Å². The zero-order chi connectivity index (χ0) is 21.5. The van der Waals surface area contributed by atoms with Crippen LogP contribution in [0.3, 0.4) is 0 Å². The minimum Gasteiger partial charge on any atom is -0.356 e. The van der Waals surface area contributed by atoms with Crippen molar-refractivity contribution in [2.75, 3.05) is 31.1 Å². The fraction of sp³-hybridized carbons (Fsp3) is 0.625. The number of likely N-dealkylation sites (tertiary alicyclic amines) is 1. The summed E-state index contributed by atoms with van der Waals surface area (Å²) in [7, 11) is 0. The van der Waals surface area contributed by atoms with Gasteiger partial charge in [-0.05, 0) is 65.2 Å². The number of carbonyl (C=O) groups excluding carboxylic acids is 1. The van der Waals surface area contributed by atoms with Gasteiger partial charge in [0.25, 0.3) is 5.91 Å². The standard InChI is InChI=1S/C24H32N6O/c1-15-20-7-5-10-29(13-18-8-9-18)23(20)28-22(27-15)19-6-4-11-30(14-19)24(31)21-12-25-17(3)26-16(21)2/h12,18-19H,4-11,13-14H2,1-3H3/t19-/m0/s1. The van der Waals surface area contributed by atoms with Gasteiger partial charge in [0.15, 0.2) is 0 Å². The number of fused-ring (bicyclic) bond motifs is 1. The van der Waals surface area contributed by atoms with Crippen LogP contribution in [0.4, 0.5) is 5.82 Å². The average molecular weight is 421 g/mol. The lowest BCUT2D eigenvalue weighted by Crippen LogP contribution is -2.40. The van der Waals surface area contributed by atoms with E-state index in [9.17, 15) is 4.79 Å². The zero-order valence-corrected chi connectivity index (χ0v) is 18.9. The van der Waals surface area contributed by atoms with Gasteiger partial charge in [0.1, 0.15) is 17.5 Å². The van der Waals surface area contributed by atoms with Gasteiger partial charge in [0.05, 0.1) is 11.3 Å². The number of amides is 1. The molecule has 1 saturated carbocycles. The van der Waals surface area contributed by atoms with Crippen LogP contribution in [-0.4, -0.2) is 56.9 Å². The van der Waals surface area contributed by atoms with Crippen LogP contribution in [0.1, 0.15) is 77.0 Å². The quantitative estimate of drug-likeness (QED) is 0.755. The number of hydrogen-bond donors (Lipinski definition) is 0. The number of aryl methyl sites for hydroxylation is 3. The van der Waals surface area contributed by atoms with Crippen molar-refractivity contribution >= 4 is 11.7 Å². The highest BCUT2D eigenvalue weighted by atomic mass is 16.2. The number of nitrogens with zero attached hydrogens (tertiary/aromatic N) is 6. The Bertz CT molecular complexity index is 1000. The molecule has 2 fully saturated rings. The molecule has 7 heteroatoms. The first-order valence-corrected chi connectivity index (χ1v) is 11.7. The number of rotatable bonds is 4. The van der Waals surface area contributed by atoms with E-state index < -0.39 is 0 Å². The molecule has 1 atom stereocenters. The predicted molar refractivity (Wildman–Crippen MR) is 119 cm³/mol. The first kappa shape index (κ1) is 20.3. The zero-order valence-electron chi connectivity index (χ0n) is 18.9. The van der Waals surface area contributed by atoms with Crippen molar-refractivity contribution in [1.29, 1.82) is 0 Å². The molecular formula is C24H32N6O. The second-order valence-electron chi connectivity index (χ2n) is 9.47. The summed E-state index contributed by atoms with van der Waals surface area (Å²) >= 11 is 0. The van der Waals surface area contributed by atoms with E-state index in [-0.39, 0.29) is 11.8 Å². The maximum absolute atomic E-state index is 13.2. The molecule has 1 saturated heterocycles. The number of piperidine rings is 1. The Morgan fingerprint density at radius 3 is 2.65 bits per heavy atom. The minimum atomic E-state index is 0.0206. The van der Waals surface area contributed by atoms with Gasteiger partial charge >= 0.3 is 0 Å². The molecule has 5 rings (SSSR count). The molecule has 0 N–H and O–H groups in total. The van der Waals surface area contributed by atoms with Crippen molar-refractivity contribution in [1.82, 2.24) is 24.8 Å². The first-order valence-electron chi connectivity index (χ1n) is 11.7. The molecule has 0 bridgehead atoms. The van der Waals surface area contributed by atoms with Crippen molar-refractivity contribution in [3.05, 3.63) is 40.4 Å². The van der Waals surface area contributed by atoms with Gasteiger partial charge in [-0.2, -0.15) is 0 Å². The average Bonchev–Trinajstić information content (AvgIpc) is 3.58. The van der Waals surface area contributed by atoms with Gasteiger partial charge in [-0.25, -0.2) is 19.9 Å². The highest BCUT2D eigenvalue weighted by molar-refractivity contribution is 5.95. The number of anilines is 1. The third kappa shape index (κ3) is 4.14. The topological polar surface area (TPSA) is 75.1 Å². The largest absolute Gasteiger partial charge is 0.356 e. The van der Waals surface area contributed by atoms with E-state index in [0.29, 0.717) is 17.9 Å². The van der Waals surface area contributed by atoms with Crippen LogP contribution in [0.15, 0.2) is 6.20 Å². The SMILES string of the molecule is Cc1ncc(C(=O)N2CCC[C@H](c3nc(C)c4c(n3)N(CC3CC3)CCC4)C2)c(C)n1. The van der Waals surface area contributed by atoms with E-state index in [0.717, 1.165) is 67.8 Å². The summed E-state index contributed by atoms with van der Waals surface area (Å²) in [5.74, 6) is 3.80. The monoisotopic (exact) mass is 420 g/mol. The summed E-state index contributed by atoms with van der Waals surface area (Å²) in [4.78, 5) is 36.3. The van der Waals surface area contributed by atoms with Crippen LogP contribution in [0.25, 0.3) is 0 Å². The summed E-state index contributed by atoms with van der Waals surface area (Å²) in [5.41, 5.74) is 3.79. The van der Waals surface area contributed by atoms with E-state index in [4.69, 9.17) is 9.97 Å². The molecule has 0 spiro atoms. The fourth-order valence-electron chi connectivity index (χ4n) is 5.02. The van der Waals surface area contributed by atoms with Crippen molar-refractivity contribution in [2.45, 2.75) is 65.2 Å². The highest BCUT2D eigenvalue weighted by Crippen LogP contribution is 2.36. The Morgan fingerprint density at radius 1 is 1.03 bits per heavy atom. The summed E-state index contributed by atoms with van der Waals surface area (Å²) in [5, 5.41) is 0. The normalized spacial score (nSPS) is 21.2. The lowest BCUT2D eigenvalue weighted by molar-refractivity contribution is 0.0702. The smallest absolute Gasteiger partial charge is 0.257 e. The molecule has 4 heterocycles. The van der Waals surface area contributed by atoms with Crippen LogP contribution in [0, 0.1) is 26.7 Å². The Balaban J connectivity index is 1.38. The fourth-order valence-corrected chi connectivity index (χ4v) is 5.02. The molecule has 3 aliphatic rings. The number of aromatic nitrogens is 4. The Labute approximate surface area is 184 Å². The Kier molecular flexibility index (Phi) is 5.36. The maximum atomic E-state index is 13.2. The van der Waals surface area contributed by atoms with Crippen LogP contribution in [0.5, 0.6) is 0 Å². The van der Waals surface area contributed by atoms with Crippen LogP contribution >= 0.6 is 0 Å². The summed E-state index contributed by atoms with van der Waals surface area (Å²) in [6.45, 7) is 9.51. The number of carbonyl (C=O) groups is 1. The second kappa shape index (κ2) is 8.17. The van der Waals surface area contributed by atoms with Gasteiger partial charge in [0, 0.05) is 49.6 Å². The van der Waals surface area contributed by atoms with E-state index in [1.807, 2.05) is 18.7 Å². The van der Waals surface area contributed by atoms with Crippen molar-refractivity contribution in [3.63, 3.8) is 0 Å². The predicted octanol–water partition coefficient (Wildman–Crippen LogP) is 3.37. The third-order valence-corrected chi connectivity index (χ3v) is 6.94. The molecule has 1 aliphatic carbocycles. The molecule has 0 radical (unpaired) electrons. The Morgan fingerprint density at radius 2 is 1.87 bits per heavy atom. The number of hydrogen-bond acceptors (Lipinski definition) is 6. The summed E-state index contributed by atoms with van der Waals surface area (Å²) in [6, 6.07) is 0. The van der Waals surface area contributed by atoms with Crippen LogP contribution in [0.2, 0.25) is 0 Å². The lowest BCUT2D eigenvalue weighted by Gasteiger charge is -2.34. The van der Waals surface area contributed by atoms with Crippen molar-refractivity contribution in [3.8, 4) is 0 Å². The van der Waals surface area contributed by atoms with E-state index in [2.05, 4.69) is 21.8 Å². The Hall–Kier alpha value is -2.57. The second-order valence-corrected chi connectivity index (χ2v) is 9.47. The molecule has 7 nitrogen and oxygen atoms in total. The summed E-state index contributed by atoms with van der Waals surface area (Å²) < 4.78 is 0. The molecular weight excluding hydrogens is 388 g/mol. The molecule has 164 valence electrons. The van der Waals surface area contributed by atoms with E-state index in [1.54, 1.807) is 6.20 Å². The molecule has 1 amide bonds. The first-order chi connectivity index (χ1) is 15.0. The van der Waals surface area contributed by atoms with Gasteiger partial charge in [-0.1, -0.05) is 0 Å². The highest BCUT2D eigenvalue weighted by Gasteiger charge is 2.32. The van der Waals surface area contributed by atoms with E-state index >= 15 is 0 Å². The van der Waals surface area contributed by atoms with Crippen LogP contribution < -0.4 is 4.90 Å². The molecule has 2 aromatic heterocycles. The lowest BCUT2D eigenvalue weighted by atomic mass is 9.95. The third-order valence-electron chi connectivity index (χ3n) is 6.94. The van der Waals surface area contributed by atoms with Crippen molar-refractivity contribution < 1.29 is 4.79 Å². The molecule has 2 aliphatic heterocycles.